The Morgan fingerprint density at radius 2 is 2.00 bits per heavy atom. The molecular formula is C15H13Cl2N3. The number of benzene rings is 1. The number of rotatable bonds is 3. The minimum absolute atomic E-state index is 0.576. The van der Waals surface area contributed by atoms with Gasteiger partial charge in [-0.1, -0.05) is 48.7 Å². The van der Waals surface area contributed by atoms with Gasteiger partial charge in [0.25, 0.3) is 0 Å². The quantitative estimate of drug-likeness (QED) is 0.659. The van der Waals surface area contributed by atoms with E-state index in [9.17, 15) is 0 Å². The zero-order valence-corrected chi connectivity index (χ0v) is 12.5. The van der Waals surface area contributed by atoms with Crippen LogP contribution in [0.4, 0.5) is 0 Å². The molecule has 3 rings (SSSR count). The Kier molecular flexibility index (Phi) is 3.64. The second-order valence-corrected chi connectivity index (χ2v) is 5.45. The highest BCUT2D eigenvalue weighted by Crippen LogP contribution is 2.24. The Morgan fingerprint density at radius 3 is 2.75 bits per heavy atom. The van der Waals surface area contributed by atoms with Gasteiger partial charge in [-0.05, 0) is 24.6 Å². The number of nitrogens with zero attached hydrogens (tertiary/aromatic N) is 3. The van der Waals surface area contributed by atoms with Crippen LogP contribution in [0.15, 0.2) is 36.4 Å². The fourth-order valence-corrected chi connectivity index (χ4v) is 2.60. The number of aryl methyl sites for hydroxylation is 1. The van der Waals surface area contributed by atoms with E-state index >= 15 is 0 Å². The molecule has 0 unspecified atom stereocenters. The van der Waals surface area contributed by atoms with Crippen molar-refractivity contribution in [2.75, 3.05) is 0 Å². The molecule has 0 fully saturated rings. The molecule has 0 spiro atoms. The highest BCUT2D eigenvalue weighted by Gasteiger charge is 2.09. The van der Waals surface area contributed by atoms with Crippen LogP contribution in [0.1, 0.15) is 19.0 Å². The monoisotopic (exact) mass is 305 g/mol. The molecule has 0 radical (unpaired) electrons. The van der Waals surface area contributed by atoms with Gasteiger partial charge in [0.15, 0.2) is 5.65 Å². The molecule has 3 aromatic rings. The van der Waals surface area contributed by atoms with Gasteiger partial charge >= 0.3 is 0 Å². The summed E-state index contributed by atoms with van der Waals surface area (Å²) in [6.07, 6.45) is 1.95. The normalized spacial score (nSPS) is 11.2. The number of aromatic nitrogens is 3. The number of hydrogen-bond acceptors (Lipinski definition) is 2. The third-order valence-corrected chi connectivity index (χ3v) is 3.57. The molecule has 102 valence electrons. The third-order valence-electron chi connectivity index (χ3n) is 3.06. The molecule has 0 amide bonds. The minimum atomic E-state index is 0.576. The molecule has 0 bridgehead atoms. The Labute approximate surface area is 127 Å². The summed E-state index contributed by atoms with van der Waals surface area (Å²) < 4.78 is 1.65. The summed E-state index contributed by atoms with van der Waals surface area (Å²) in [6.45, 7) is 2.12. The van der Waals surface area contributed by atoms with Crippen LogP contribution in [0.2, 0.25) is 10.2 Å². The molecule has 5 heteroatoms. The maximum absolute atomic E-state index is 6.26. The van der Waals surface area contributed by atoms with Crippen molar-refractivity contribution in [1.29, 1.82) is 0 Å². The zero-order chi connectivity index (χ0) is 14.1. The molecule has 0 N–H and O–H groups in total. The molecule has 0 aliphatic rings. The maximum atomic E-state index is 6.26. The Morgan fingerprint density at radius 1 is 1.15 bits per heavy atom. The van der Waals surface area contributed by atoms with Crippen LogP contribution in [0.25, 0.3) is 16.9 Å². The van der Waals surface area contributed by atoms with Crippen molar-refractivity contribution in [1.82, 2.24) is 14.6 Å². The van der Waals surface area contributed by atoms with E-state index in [1.165, 1.54) is 0 Å². The van der Waals surface area contributed by atoms with Gasteiger partial charge in [-0.15, -0.1) is 0 Å². The first kappa shape index (κ1) is 13.4. The first-order valence-corrected chi connectivity index (χ1v) is 7.24. The van der Waals surface area contributed by atoms with Gasteiger partial charge in [-0.25, -0.2) is 9.50 Å². The van der Waals surface area contributed by atoms with Gasteiger partial charge in [0.2, 0.25) is 0 Å². The van der Waals surface area contributed by atoms with Crippen LogP contribution in [0.3, 0.4) is 0 Å². The van der Waals surface area contributed by atoms with Gasteiger partial charge in [-0.2, -0.15) is 5.10 Å². The number of hydrogen-bond donors (Lipinski definition) is 0. The summed E-state index contributed by atoms with van der Waals surface area (Å²) in [5, 5.41) is 5.75. The first-order chi connectivity index (χ1) is 9.67. The van der Waals surface area contributed by atoms with Crippen molar-refractivity contribution in [3.63, 3.8) is 0 Å². The van der Waals surface area contributed by atoms with E-state index in [2.05, 4.69) is 17.0 Å². The lowest BCUT2D eigenvalue weighted by atomic mass is 10.1. The van der Waals surface area contributed by atoms with E-state index in [0.29, 0.717) is 10.2 Å². The summed E-state index contributed by atoms with van der Waals surface area (Å²) in [5.41, 5.74) is 3.52. The molecule has 2 aromatic heterocycles. The number of halogens is 2. The molecule has 0 atom stereocenters. The minimum Gasteiger partial charge on any atom is -0.233 e. The topological polar surface area (TPSA) is 30.2 Å². The van der Waals surface area contributed by atoms with Gasteiger partial charge in [0.05, 0.1) is 5.69 Å². The molecular weight excluding hydrogens is 293 g/mol. The lowest BCUT2D eigenvalue weighted by molar-refractivity contribution is 0.859. The van der Waals surface area contributed by atoms with Crippen LogP contribution >= 0.6 is 23.2 Å². The van der Waals surface area contributed by atoms with Crippen molar-refractivity contribution in [3.8, 4) is 11.3 Å². The van der Waals surface area contributed by atoms with Crippen LogP contribution in [0.5, 0.6) is 0 Å². The van der Waals surface area contributed by atoms with Crippen molar-refractivity contribution >= 4 is 28.8 Å². The predicted octanol–water partition coefficient (Wildman–Crippen LogP) is 4.66. The van der Waals surface area contributed by atoms with E-state index in [1.807, 2.05) is 36.4 Å². The molecule has 0 aliphatic carbocycles. The lowest BCUT2D eigenvalue weighted by Crippen LogP contribution is -1.97. The first-order valence-electron chi connectivity index (χ1n) is 6.48. The van der Waals surface area contributed by atoms with Crippen LogP contribution in [-0.4, -0.2) is 14.6 Å². The fourth-order valence-electron chi connectivity index (χ4n) is 2.16. The van der Waals surface area contributed by atoms with E-state index in [1.54, 1.807) is 4.52 Å². The van der Waals surface area contributed by atoms with Crippen LogP contribution in [0, 0.1) is 0 Å². The average molecular weight is 306 g/mol. The predicted molar refractivity (Wildman–Crippen MR) is 82.4 cm³/mol. The van der Waals surface area contributed by atoms with Gasteiger partial charge < -0.3 is 0 Å². The molecule has 3 nitrogen and oxygen atoms in total. The molecule has 2 heterocycles. The Bertz CT molecular complexity index is 765. The number of fused-ring (bicyclic) bond motifs is 1. The summed E-state index contributed by atoms with van der Waals surface area (Å²) in [4.78, 5) is 4.58. The third kappa shape index (κ3) is 2.51. The van der Waals surface area contributed by atoms with Crippen molar-refractivity contribution in [2.24, 2.45) is 0 Å². The maximum Gasteiger partial charge on any atom is 0.157 e. The summed E-state index contributed by atoms with van der Waals surface area (Å²) in [6, 6.07) is 11.4. The highest BCUT2D eigenvalue weighted by molar-refractivity contribution is 6.31. The van der Waals surface area contributed by atoms with Crippen molar-refractivity contribution in [2.45, 2.75) is 19.8 Å². The van der Waals surface area contributed by atoms with Gasteiger partial charge in [0.1, 0.15) is 5.15 Å². The van der Waals surface area contributed by atoms with Gasteiger partial charge in [-0.3, -0.25) is 0 Å². The molecule has 0 aliphatic heterocycles. The standard InChI is InChI=1S/C15H13Cl2N3/c1-2-4-12-8-14(17)20-15(18-12)9-13(19-20)10-5-3-6-11(16)7-10/h3,5-9H,2,4H2,1H3. The second kappa shape index (κ2) is 5.43. The van der Waals surface area contributed by atoms with E-state index in [0.717, 1.165) is 35.4 Å². The average Bonchev–Trinajstić information content (AvgIpc) is 2.84. The van der Waals surface area contributed by atoms with E-state index < -0.39 is 0 Å². The highest BCUT2D eigenvalue weighted by atomic mass is 35.5. The molecule has 0 saturated heterocycles. The van der Waals surface area contributed by atoms with E-state index in [4.69, 9.17) is 23.2 Å². The molecule has 20 heavy (non-hydrogen) atoms. The van der Waals surface area contributed by atoms with Gasteiger partial charge in [0, 0.05) is 22.3 Å². The summed E-state index contributed by atoms with van der Waals surface area (Å²) in [7, 11) is 0. The van der Waals surface area contributed by atoms with Crippen LogP contribution < -0.4 is 0 Å². The van der Waals surface area contributed by atoms with Crippen molar-refractivity contribution < 1.29 is 0 Å². The van der Waals surface area contributed by atoms with Crippen LogP contribution in [-0.2, 0) is 6.42 Å². The largest absolute Gasteiger partial charge is 0.233 e. The SMILES string of the molecule is CCCc1cc(Cl)n2nc(-c3cccc(Cl)c3)cc2n1. The fraction of sp³-hybridized carbons (Fsp3) is 0.200. The molecule has 1 aromatic carbocycles. The summed E-state index contributed by atoms with van der Waals surface area (Å²) in [5.74, 6) is 0. The second-order valence-electron chi connectivity index (χ2n) is 4.63. The lowest BCUT2D eigenvalue weighted by Gasteiger charge is -2.01. The smallest absolute Gasteiger partial charge is 0.157 e. The molecule has 0 saturated carbocycles. The van der Waals surface area contributed by atoms with E-state index in [-0.39, 0.29) is 0 Å². The summed E-state index contributed by atoms with van der Waals surface area (Å²) >= 11 is 12.3. The van der Waals surface area contributed by atoms with Crippen molar-refractivity contribution in [3.05, 3.63) is 52.3 Å². The zero-order valence-electron chi connectivity index (χ0n) is 11.0. The Hall–Kier alpha value is -1.58. The Balaban J connectivity index is 2.13.